The van der Waals surface area contributed by atoms with Gasteiger partial charge in [0.2, 0.25) is 0 Å². The molecular weight excluding hydrogens is 360 g/mol. The number of amides is 1. The summed E-state index contributed by atoms with van der Waals surface area (Å²) in [5.74, 6) is 0.928. The van der Waals surface area contributed by atoms with Crippen LogP contribution in [-0.2, 0) is 11.3 Å². The topological polar surface area (TPSA) is 114 Å². The maximum atomic E-state index is 12.9. The van der Waals surface area contributed by atoms with E-state index in [1.807, 2.05) is 27.7 Å². The number of hydrogen-bond donors (Lipinski definition) is 2. The Balaban J connectivity index is 2.47. The van der Waals surface area contributed by atoms with Gasteiger partial charge in [-0.2, -0.15) is 0 Å². The molecule has 2 aromatic rings. The summed E-state index contributed by atoms with van der Waals surface area (Å²) in [5, 5.41) is 0. The molecule has 0 fully saturated rings. The van der Waals surface area contributed by atoms with E-state index in [9.17, 15) is 14.4 Å². The van der Waals surface area contributed by atoms with Crippen LogP contribution in [0.5, 0.6) is 0 Å². The van der Waals surface area contributed by atoms with Gasteiger partial charge < -0.3 is 15.1 Å². The Bertz CT molecular complexity index is 965. The molecule has 0 aliphatic rings. The van der Waals surface area contributed by atoms with Gasteiger partial charge in [-0.05, 0) is 37.5 Å². The second kappa shape index (κ2) is 9.25. The van der Waals surface area contributed by atoms with E-state index >= 15 is 0 Å². The van der Waals surface area contributed by atoms with Crippen molar-refractivity contribution in [3.05, 3.63) is 50.6 Å². The lowest BCUT2D eigenvalue weighted by molar-refractivity contribution is -0.114. The first-order valence-electron chi connectivity index (χ1n) is 9.43. The van der Waals surface area contributed by atoms with Crippen molar-refractivity contribution >= 4 is 23.5 Å². The largest absolute Gasteiger partial charge is 0.462 e. The molecule has 0 aromatic carbocycles. The summed E-state index contributed by atoms with van der Waals surface area (Å²) < 4.78 is 6.74. The number of anilines is 2. The van der Waals surface area contributed by atoms with Crippen molar-refractivity contribution in [1.82, 2.24) is 9.55 Å². The van der Waals surface area contributed by atoms with Crippen LogP contribution < -0.4 is 21.9 Å². The van der Waals surface area contributed by atoms with E-state index in [1.54, 1.807) is 18.2 Å². The summed E-state index contributed by atoms with van der Waals surface area (Å²) in [6.45, 7) is 8.30. The molecule has 28 heavy (non-hydrogen) atoms. The summed E-state index contributed by atoms with van der Waals surface area (Å²) in [4.78, 5) is 41.1. The zero-order valence-electron chi connectivity index (χ0n) is 16.8. The third-order valence-electron chi connectivity index (χ3n) is 4.18. The molecule has 152 valence electrons. The lowest BCUT2D eigenvalue weighted by Crippen LogP contribution is -2.42. The van der Waals surface area contributed by atoms with Crippen molar-refractivity contribution in [2.24, 2.45) is 5.92 Å². The predicted molar refractivity (Wildman–Crippen MR) is 110 cm³/mol. The molecule has 0 atom stereocenters. The highest BCUT2D eigenvalue weighted by Gasteiger charge is 2.23. The van der Waals surface area contributed by atoms with Crippen LogP contribution in [0.3, 0.4) is 0 Å². The quantitative estimate of drug-likeness (QED) is 0.675. The third-order valence-corrected chi connectivity index (χ3v) is 4.18. The van der Waals surface area contributed by atoms with Crippen LogP contribution in [0.2, 0.25) is 0 Å². The van der Waals surface area contributed by atoms with Gasteiger partial charge >= 0.3 is 5.69 Å². The molecule has 0 saturated heterocycles. The molecule has 0 aliphatic carbocycles. The summed E-state index contributed by atoms with van der Waals surface area (Å²) >= 11 is 0. The summed E-state index contributed by atoms with van der Waals surface area (Å²) in [5.41, 5.74) is 4.91. The number of carbonyl (C=O) groups is 1. The van der Waals surface area contributed by atoms with E-state index in [4.69, 9.17) is 10.2 Å². The van der Waals surface area contributed by atoms with Crippen molar-refractivity contribution in [3.63, 3.8) is 0 Å². The van der Waals surface area contributed by atoms with E-state index in [-0.39, 0.29) is 24.0 Å². The highest BCUT2D eigenvalue weighted by Crippen LogP contribution is 2.19. The Labute approximate surface area is 163 Å². The smallest absolute Gasteiger partial charge is 0.330 e. The molecule has 0 saturated carbocycles. The lowest BCUT2D eigenvalue weighted by Gasteiger charge is -2.25. The van der Waals surface area contributed by atoms with Crippen molar-refractivity contribution < 1.29 is 9.21 Å². The van der Waals surface area contributed by atoms with Crippen LogP contribution in [0.15, 0.2) is 32.2 Å². The number of nitrogen functional groups attached to an aromatic ring is 1. The van der Waals surface area contributed by atoms with Crippen LogP contribution >= 0.6 is 0 Å². The Kier molecular flexibility index (Phi) is 7.03. The first kappa shape index (κ1) is 21.3. The Hall–Kier alpha value is -3.03. The number of nitrogens with one attached hydrogen (secondary N) is 1. The van der Waals surface area contributed by atoms with Crippen LogP contribution in [0, 0.1) is 12.8 Å². The molecule has 8 heteroatoms. The molecule has 2 rings (SSSR count). The minimum absolute atomic E-state index is 0.00144. The van der Waals surface area contributed by atoms with Gasteiger partial charge in [0.05, 0.1) is 0 Å². The standard InChI is InChI=1S/C20H28N4O4/c1-5-6-11-23-18(21)17(19(26)22-20(23)27)24(12-13(2)3)16(25)10-9-15-8-7-14(4)28-15/h7-10,13H,5-6,11-12,21H2,1-4H3,(H,22,26,27)/b10-9+. The highest BCUT2D eigenvalue weighted by molar-refractivity contribution is 6.04. The zero-order valence-corrected chi connectivity index (χ0v) is 16.8. The van der Waals surface area contributed by atoms with Gasteiger partial charge in [-0.1, -0.05) is 27.2 Å². The van der Waals surface area contributed by atoms with Crippen molar-refractivity contribution in [1.29, 1.82) is 0 Å². The number of nitrogens with two attached hydrogens (primary N) is 1. The van der Waals surface area contributed by atoms with Crippen molar-refractivity contribution in [2.75, 3.05) is 17.2 Å². The first-order chi connectivity index (χ1) is 13.2. The number of aryl methyl sites for hydroxylation is 1. The van der Waals surface area contributed by atoms with E-state index in [2.05, 4.69) is 4.98 Å². The zero-order chi connectivity index (χ0) is 20.8. The number of carbonyl (C=O) groups excluding carboxylic acids is 1. The van der Waals surface area contributed by atoms with Crippen molar-refractivity contribution in [2.45, 2.75) is 47.1 Å². The molecule has 0 spiro atoms. The lowest BCUT2D eigenvalue weighted by atomic mass is 10.2. The summed E-state index contributed by atoms with van der Waals surface area (Å²) in [6.07, 6.45) is 4.47. The van der Waals surface area contributed by atoms with Crippen LogP contribution in [0.25, 0.3) is 6.08 Å². The number of H-pyrrole nitrogens is 1. The second-order valence-electron chi connectivity index (χ2n) is 7.12. The van der Waals surface area contributed by atoms with Gasteiger partial charge in [-0.3, -0.25) is 19.1 Å². The van der Waals surface area contributed by atoms with Gasteiger partial charge in [-0.15, -0.1) is 0 Å². The number of unbranched alkanes of at least 4 members (excludes halogenated alkanes) is 1. The van der Waals surface area contributed by atoms with Gasteiger partial charge in [0, 0.05) is 19.2 Å². The average Bonchev–Trinajstić information content (AvgIpc) is 3.03. The monoisotopic (exact) mass is 388 g/mol. The fraction of sp³-hybridized carbons (Fsp3) is 0.450. The fourth-order valence-electron chi connectivity index (χ4n) is 2.82. The highest BCUT2D eigenvalue weighted by atomic mass is 16.3. The molecule has 0 aliphatic heterocycles. The maximum Gasteiger partial charge on any atom is 0.330 e. The molecular formula is C20H28N4O4. The normalized spacial score (nSPS) is 11.5. The van der Waals surface area contributed by atoms with Crippen molar-refractivity contribution in [3.8, 4) is 0 Å². The number of nitrogens with zero attached hydrogens (tertiary/aromatic N) is 2. The second-order valence-corrected chi connectivity index (χ2v) is 7.12. The Morgan fingerprint density at radius 3 is 2.64 bits per heavy atom. The Morgan fingerprint density at radius 2 is 2.07 bits per heavy atom. The number of hydrogen-bond acceptors (Lipinski definition) is 5. The molecule has 0 radical (unpaired) electrons. The van der Waals surface area contributed by atoms with Gasteiger partial charge in [0.15, 0.2) is 5.69 Å². The van der Waals surface area contributed by atoms with Crippen LogP contribution in [-0.4, -0.2) is 22.0 Å². The summed E-state index contributed by atoms with van der Waals surface area (Å²) in [6, 6.07) is 3.54. The number of aromatic amines is 1. The fourth-order valence-corrected chi connectivity index (χ4v) is 2.82. The molecule has 2 heterocycles. The average molecular weight is 388 g/mol. The Morgan fingerprint density at radius 1 is 1.36 bits per heavy atom. The van der Waals surface area contributed by atoms with E-state index in [1.165, 1.54) is 15.5 Å². The number of furan rings is 1. The SMILES string of the molecule is CCCCn1c(N)c(N(CC(C)C)C(=O)/C=C/c2ccc(C)o2)c(=O)[nH]c1=O. The van der Waals surface area contributed by atoms with E-state index < -0.39 is 17.2 Å². The van der Waals surface area contributed by atoms with Crippen LogP contribution in [0.1, 0.15) is 45.1 Å². The molecule has 1 amide bonds. The van der Waals surface area contributed by atoms with Gasteiger partial charge in [0.25, 0.3) is 11.5 Å². The predicted octanol–water partition coefficient (Wildman–Crippen LogP) is 2.52. The van der Waals surface area contributed by atoms with Gasteiger partial charge in [-0.25, -0.2) is 4.79 Å². The number of rotatable bonds is 8. The molecule has 3 N–H and O–H groups in total. The molecule has 0 bridgehead atoms. The molecule has 2 aromatic heterocycles. The van der Waals surface area contributed by atoms with E-state index in [0.29, 0.717) is 12.3 Å². The van der Waals surface area contributed by atoms with Gasteiger partial charge in [0.1, 0.15) is 17.3 Å². The number of aromatic nitrogens is 2. The first-order valence-corrected chi connectivity index (χ1v) is 9.43. The minimum atomic E-state index is -0.675. The third kappa shape index (κ3) is 5.03. The molecule has 0 unspecified atom stereocenters. The summed E-state index contributed by atoms with van der Waals surface area (Å²) in [7, 11) is 0. The van der Waals surface area contributed by atoms with E-state index in [0.717, 1.165) is 18.6 Å². The molecule has 8 nitrogen and oxygen atoms in total. The minimum Gasteiger partial charge on any atom is -0.462 e. The van der Waals surface area contributed by atoms with Crippen LogP contribution in [0.4, 0.5) is 11.5 Å². The maximum absolute atomic E-state index is 12.9.